The van der Waals surface area contributed by atoms with Gasteiger partial charge in [0, 0.05) is 35.2 Å². The van der Waals surface area contributed by atoms with E-state index in [-0.39, 0.29) is 29.1 Å². The summed E-state index contributed by atoms with van der Waals surface area (Å²) in [6.07, 6.45) is 0.775. The van der Waals surface area contributed by atoms with Crippen molar-refractivity contribution in [1.82, 2.24) is 14.9 Å². The summed E-state index contributed by atoms with van der Waals surface area (Å²) >= 11 is 0. The van der Waals surface area contributed by atoms with Gasteiger partial charge in [-0.15, -0.1) is 0 Å². The van der Waals surface area contributed by atoms with Gasteiger partial charge < -0.3 is 19.7 Å². The van der Waals surface area contributed by atoms with Crippen LogP contribution in [0.2, 0.25) is 0 Å². The van der Waals surface area contributed by atoms with Gasteiger partial charge in [-0.05, 0) is 43.0 Å². The van der Waals surface area contributed by atoms with Gasteiger partial charge in [0.2, 0.25) is 0 Å². The zero-order valence-corrected chi connectivity index (χ0v) is 16.9. The Bertz CT molecular complexity index is 1360. The molecule has 1 atom stereocenters. The molecule has 1 saturated carbocycles. The number of carbonyl (C=O) groups is 1. The number of nitrogens with one attached hydrogen (secondary N) is 1. The average Bonchev–Trinajstić information content (AvgIpc) is 3.50. The zero-order chi connectivity index (χ0) is 21.4. The predicted molar refractivity (Wildman–Crippen MR) is 110 cm³/mol. The van der Waals surface area contributed by atoms with Crippen LogP contribution in [0.4, 0.5) is 4.39 Å². The number of pyridine rings is 2. The van der Waals surface area contributed by atoms with Crippen molar-refractivity contribution in [2.75, 3.05) is 0 Å². The third kappa shape index (κ3) is 2.75. The smallest absolute Gasteiger partial charge is 0.340 e. The van der Waals surface area contributed by atoms with Crippen LogP contribution < -0.4 is 10.9 Å². The summed E-state index contributed by atoms with van der Waals surface area (Å²) in [5.41, 5.74) is 4.35. The van der Waals surface area contributed by atoms with E-state index in [0.29, 0.717) is 41.6 Å². The third-order valence-electron chi connectivity index (χ3n) is 6.50. The molecule has 0 bridgehead atoms. The number of nitrogens with zero attached hydrogens (tertiary/aromatic N) is 2. The van der Waals surface area contributed by atoms with E-state index in [2.05, 4.69) is 5.32 Å². The van der Waals surface area contributed by atoms with Gasteiger partial charge in [0.15, 0.2) is 6.10 Å². The summed E-state index contributed by atoms with van der Waals surface area (Å²) < 4.78 is 20.9. The Morgan fingerprint density at radius 3 is 2.84 bits per heavy atom. The molecule has 3 aromatic rings. The lowest BCUT2D eigenvalue weighted by molar-refractivity contribution is -0.157. The molecule has 6 rings (SSSR count). The maximum absolute atomic E-state index is 14.3. The number of aromatic nitrogens is 2. The molecule has 1 fully saturated rings. The fourth-order valence-electron chi connectivity index (χ4n) is 4.57. The van der Waals surface area contributed by atoms with Gasteiger partial charge in [-0.1, -0.05) is 0 Å². The summed E-state index contributed by atoms with van der Waals surface area (Å²) in [6, 6.07) is 5.37. The predicted octanol–water partition coefficient (Wildman–Crippen LogP) is 2.21. The van der Waals surface area contributed by atoms with Crippen molar-refractivity contribution in [3.05, 3.63) is 62.2 Å². The molecule has 1 unspecified atom stereocenters. The molecule has 2 aromatic heterocycles. The monoisotopic (exact) mass is 421 g/mol. The average molecular weight is 421 g/mol. The molecule has 0 spiro atoms. The highest BCUT2D eigenvalue weighted by Crippen LogP contribution is 2.38. The van der Waals surface area contributed by atoms with Crippen LogP contribution in [0, 0.1) is 12.7 Å². The molecule has 1 aliphatic carbocycles. The van der Waals surface area contributed by atoms with Gasteiger partial charge in [-0.2, -0.15) is 0 Å². The fourth-order valence-corrected chi connectivity index (χ4v) is 4.57. The number of fused-ring (bicyclic) bond motifs is 5. The highest BCUT2D eigenvalue weighted by molar-refractivity contribution is 5.89. The summed E-state index contributed by atoms with van der Waals surface area (Å²) in [7, 11) is 0. The van der Waals surface area contributed by atoms with Gasteiger partial charge in [-0.3, -0.25) is 4.79 Å². The number of aliphatic hydroxyl groups excluding tert-OH is 1. The van der Waals surface area contributed by atoms with Crippen LogP contribution in [-0.2, 0) is 29.2 Å². The zero-order valence-electron chi connectivity index (χ0n) is 16.9. The van der Waals surface area contributed by atoms with E-state index >= 15 is 0 Å². The first kappa shape index (κ1) is 18.7. The van der Waals surface area contributed by atoms with Gasteiger partial charge >= 0.3 is 5.97 Å². The molecule has 2 N–H and O–H groups in total. The van der Waals surface area contributed by atoms with Crippen molar-refractivity contribution in [2.24, 2.45) is 0 Å². The Morgan fingerprint density at radius 1 is 1.26 bits per heavy atom. The molecule has 8 heteroatoms. The van der Waals surface area contributed by atoms with Gasteiger partial charge in [0.25, 0.3) is 5.56 Å². The van der Waals surface area contributed by atoms with Gasteiger partial charge in [-0.25, -0.2) is 14.2 Å². The van der Waals surface area contributed by atoms with Crippen LogP contribution in [0.15, 0.2) is 23.0 Å². The van der Waals surface area contributed by atoms with E-state index in [1.807, 2.05) is 6.07 Å². The van der Waals surface area contributed by atoms with E-state index in [4.69, 9.17) is 9.72 Å². The van der Waals surface area contributed by atoms with Crippen molar-refractivity contribution in [1.29, 1.82) is 0 Å². The van der Waals surface area contributed by atoms with Crippen LogP contribution >= 0.6 is 0 Å². The van der Waals surface area contributed by atoms with Gasteiger partial charge in [0.1, 0.15) is 12.4 Å². The largest absolute Gasteiger partial charge is 0.458 e. The van der Waals surface area contributed by atoms with E-state index in [1.165, 1.54) is 6.07 Å². The molecule has 2 aliphatic heterocycles. The van der Waals surface area contributed by atoms with Crippen molar-refractivity contribution in [2.45, 2.75) is 51.6 Å². The topological polar surface area (TPSA) is 93.5 Å². The number of benzene rings is 1. The van der Waals surface area contributed by atoms with Gasteiger partial charge in [0.05, 0.1) is 29.0 Å². The number of hydrogen-bond donors (Lipinski definition) is 2. The van der Waals surface area contributed by atoms with Crippen molar-refractivity contribution < 1.29 is 19.0 Å². The van der Waals surface area contributed by atoms with Crippen LogP contribution in [0.25, 0.3) is 22.3 Å². The maximum atomic E-state index is 14.3. The second-order valence-corrected chi connectivity index (χ2v) is 8.56. The maximum Gasteiger partial charge on any atom is 0.340 e. The van der Waals surface area contributed by atoms with Crippen LogP contribution in [0.3, 0.4) is 0 Å². The fraction of sp³-hybridized carbons (Fsp3) is 0.348. The Labute approximate surface area is 176 Å². The third-order valence-corrected chi connectivity index (χ3v) is 6.50. The number of aliphatic hydroxyl groups is 1. The first-order valence-electron chi connectivity index (χ1n) is 10.4. The molecule has 31 heavy (non-hydrogen) atoms. The molecule has 0 saturated heterocycles. The van der Waals surface area contributed by atoms with Crippen LogP contribution in [0.5, 0.6) is 0 Å². The minimum absolute atomic E-state index is 0.156. The molecule has 158 valence electrons. The molecule has 3 aliphatic rings. The summed E-state index contributed by atoms with van der Waals surface area (Å²) in [5.74, 6) is -1.10. The molecule has 0 radical (unpaired) electrons. The van der Waals surface area contributed by atoms with E-state index < -0.39 is 12.1 Å². The number of ether oxygens (including phenoxy) is 1. The number of cyclic esters (lactones) is 1. The highest BCUT2D eigenvalue weighted by Gasteiger charge is 2.35. The normalized spacial score (nSPS) is 19.2. The molecular formula is C23H20FN3O4. The Kier molecular flexibility index (Phi) is 3.88. The van der Waals surface area contributed by atoms with Crippen molar-refractivity contribution in [3.8, 4) is 11.4 Å². The minimum atomic E-state index is -1.50. The Hall–Kier alpha value is -3.10. The number of hydrogen-bond acceptors (Lipinski definition) is 6. The number of aryl methyl sites for hydroxylation is 1. The number of rotatable bonds is 3. The van der Waals surface area contributed by atoms with Crippen molar-refractivity contribution >= 4 is 16.9 Å². The van der Waals surface area contributed by atoms with E-state index in [1.54, 1.807) is 17.6 Å². The summed E-state index contributed by atoms with van der Waals surface area (Å²) in [4.78, 5) is 29.7. The number of carbonyl (C=O) groups excluding carboxylic acids is 1. The lowest BCUT2D eigenvalue weighted by Crippen LogP contribution is -2.32. The molecule has 4 heterocycles. The van der Waals surface area contributed by atoms with Crippen molar-refractivity contribution in [3.63, 3.8) is 0 Å². The quantitative estimate of drug-likeness (QED) is 0.493. The first-order chi connectivity index (χ1) is 14.9. The molecule has 7 nitrogen and oxygen atoms in total. The number of esters is 1. The highest BCUT2D eigenvalue weighted by atomic mass is 19.1. The number of halogens is 1. The summed E-state index contributed by atoms with van der Waals surface area (Å²) in [5, 5.41) is 14.7. The minimum Gasteiger partial charge on any atom is -0.458 e. The van der Waals surface area contributed by atoms with Crippen LogP contribution in [0.1, 0.15) is 46.8 Å². The second-order valence-electron chi connectivity index (χ2n) is 8.56. The lowest BCUT2D eigenvalue weighted by Gasteiger charge is -2.21. The SMILES string of the molecule is Cc1cc2c(CNC3CC3)c3c(nc2cc1F)-c1cc2c(c(=O)n1C3)COC(=O)C2O. The van der Waals surface area contributed by atoms with E-state index in [9.17, 15) is 19.1 Å². The van der Waals surface area contributed by atoms with Crippen LogP contribution in [-0.4, -0.2) is 26.7 Å². The summed E-state index contributed by atoms with van der Waals surface area (Å²) in [6.45, 7) is 2.51. The molecule has 1 aromatic carbocycles. The first-order valence-corrected chi connectivity index (χ1v) is 10.4. The van der Waals surface area contributed by atoms with E-state index in [0.717, 1.165) is 29.4 Å². The molecular weight excluding hydrogens is 401 g/mol. The Morgan fingerprint density at radius 2 is 2.06 bits per heavy atom. The lowest BCUT2D eigenvalue weighted by atomic mass is 9.97. The Balaban J connectivity index is 1.60. The standard InChI is InChI=1S/C23H20FN3O4/c1-10-4-12-14(7-25-11-2-3-11)15-8-27-19(20(15)26-18(12)6-17(10)24)5-13-16(22(27)29)9-31-23(30)21(13)28/h4-6,11,21,25,28H,2-3,7-9H2,1H3. The second kappa shape index (κ2) is 6.45. The molecule has 0 amide bonds.